The highest BCUT2D eigenvalue weighted by atomic mass is 35.5. The van der Waals surface area contributed by atoms with Crippen LogP contribution in [-0.4, -0.2) is 22.3 Å². The van der Waals surface area contributed by atoms with Crippen molar-refractivity contribution in [2.75, 3.05) is 6.61 Å². The highest BCUT2D eigenvalue weighted by Gasteiger charge is 2.19. The van der Waals surface area contributed by atoms with E-state index in [1.807, 2.05) is 10.6 Å². The summed E-state index contributed by atoms with van der Waals surface area (Å²) in [5.41, 5.74) is 1.19. The van der Waals surface area contributed by atoms with Gasteiger partial charge in [0, 0.05) is 6.61 Å². The predicted octanol–water partition coefficient (Wildman–Crippen LogP) is 3.48. The van der Waals surface area contributed by atoms with Gasteiger partial charge in [0.25, 0.3) is 0 Å². The second-order valence-corrected chi connectivity index (χ2v) is 5.14. The molecule has 3 rings (SSSR count). The molecule has 0 aliphatic carbocycles. The number of alkyl halides is 1. The van der Waals surface area contributed by atoms with Crippen LogP contribution in [0.3, 0.4) is 0 Å². The molecule has 102 valence electrons. The van der Waals surface area contributed by atoms with Crippen molar-refractivity contribution in [3.63, 3.8) is 0 Å². The van der Waals surface area contributed by atoms with E-state index < -0.39 is 0 Å². The number of ether oxygens (including phenoxy) is 1. The molecule has 1 saturated heterocycles. The summed E-state index contributed by atoms with van der Waals surface area (Å²) in [7, 11) is 0. The van der Waals surface area contributed by atoms with Gasteiger partial charge in [-0.3, -0.25) is 0 Å². The molecule has 1 atom stereocenters. The Hall–Kier alpha value is -1.13. The van der Waals surface area contributed by atoms with E-state index in [4.69, 9.17) is 16.3 Å². The number of halogens is 2. The second-order valence-electron chi connectivity index (χ2n) is 4.87. The summed E-state index contributed by atoms with van der Waals surface area (Å²) in [4.78, 5) is 4.30. The molecule has 1 aliphatic rings. The molecule has 3 nitrogen and oxygen atoms in total. The van der Waals surface area contributed by atoms with Crippen molar-refractivity contribution in [1.29, 1.82) is 0 Å². The summed E-state index contributed by atoms with van der Waals surface area (Å²) in [6.45, 7) is 1.50. The van der Waals surface area contributed by atoms with Gasteiger partial charge >= 0.3 is 0 Å². The molecule has 1 aromatic heterocycles. The Balaban J connectivity index is 1.98. The molecule has 0 N–H and O–H groups in total. The van der Waals surface area contributed by atoms with Crippen molar-refractivity contribution in [2.45, 2.75) is 37.8 Å². The number of rotatable bonds is 3. The van der Waals surface area contributed by atoms with E-state index >= 15 is 0 Å². The Morgan fingerprint density at radius 3 is 3.05 bits per heavy atom. The van der Waals surface area contributed by atoms with E-state index in [0.29, 0.717) is 17.9 Å². The lowest BCUT2D eigenvalue weighted by Crippen LogP contribution is -2.25. The average molecular weight is 283 g/mol. The molecule has 1 aromatic carbocycles. The monoisotopic (exact) mass is 282 g/mol. The van der Waals surface area contributed by atoms with Crippen molar-refractivity contribution in [2.24, 2.45) is 0 Å². The Kier molecular flexibility index (Phi) is 3.71. The van der Waals surface area contributed by atoms with E-state index in [0.717, 1.165) is 25.0 Å². The summed E-state index contributed by atoms with van der Waals surface area (Å²) in [5, 5.41) is 0. The van der Waals surface area contributed by atoms with Crippen LogP contribution in [0.2, 0.25) is 0 Å². The van der Waals surface area contributed by atoms with Gasteiger partial charge in [-0.15, -0.1) is 11.6 Å². The van der Waals surface area contributed by atoms with Gasteiger partial charge in [-0.25, -0.2) is 9.37 Å². The quantitative estimate of drug-likeness (QED) is 0.806. The third kappa shape index (κ3) is 2.47. The SMILES string of the molecule is Fc1cccc2c1nc(CCl)n2CC1CCCCO1. The molecule has 1 fully saturated rings. The zero-order valence-corrected chi connectivity index (χ0v) is 11.4. The van der Waals surface area contributed by atoms with Crippen LogP contribution >= 0.6 is 11.6 Å². The first kappa shape index (κ1) is 12.9. The smallest absolute Gasteiger partial charge is 0.151 e. The summed E-state index contributed by atoms with van der Waals surface area (Å²) >= 11 is 5.93. The Morgan fingerprint density at radius 2 is 2.32 bits per heavy atom. The molecule has 0 bridgehead atoms. The van der Waals surface area contributed by atoms with Crippen LogP contribution in [0.5, 0.6) is 0 Å². The normalized spacial score (nSPS) is 20.0. The standard InChI is InChI=1S/C14H16ClFN2O/c15-8-13-17-14-11(16)5-3-6-12(14)18(13)9-10-4-1-2-7-19-10/h3,5-6,10H,1-2,4,7-9H2. The maximum absolute atomic E-state index is 13.7. The maximum atomic E-state index is 13.7. The molecule has 2 heterocycles. The van der Waals surface area contributed by atoms with Crippen LogP contribution in [0.4, 0.5) is 4.39 Å². The molecule has 0 amide bonds. The lowest BCUT2D eigenvalue weighted by atomic mass is 10.1. The lowest BCUT2D eigenvalue weighted by Gasteiger charge is -2.23. The first-order chi connectivity index (χ1) is 9.29. The van der Waals surface area contributed by atoms with Crippen LogP contribution in [0.1, 0.15) is 25.1 Å². The van der Waals surface area contributed by atoms with E-state index in [-0.39, 0.29) is 17.8 Å². The van der Waals surface area contributed by atoms with E-state index in [9.17, 15) is 4.39 Å². The van der Waals surface area contributed by atoms with Crippen molar-refractivity contribution in [3.05, 3.63) is 29.8 Å². The van der Waals surface area contributed by atoms with Gasteiger partial charge in [-0.05, 0) is 31.4 Å². The summed E-state index contributed by atoms with van der Waals surface area (Å²) in [6, 6.07) is 5.01. The number of imidazole rings is 1. The van der Waals surface area contributed by atoms with Crippen molar-refractivity contribution < 1.29 is 9.13 Å². The van der Waals surface area contributed by atoms with Crippen molar-refractivity contribution >= 4 is 22.6 Å². The molecule has 1 unspecified atom stereocenters. The number of hydrogen-bond donors (Lipinski definition) is 0. The minimum Gasteiger partial charge on any atom is -0.376 e. The van der Waals surface area contributed by atoms with Crippen LogP contribution in [0.15, 0.2) is 18.2 Å². The molecular weight excluding hydrogens is 267 g/mol. The van der Waals surface area contributed by atoms with Crippen LogP contribution in [0.25, 0.3) is 11.0 Å². The zero-order chi connectivity index (χ0) is 13.2. The van der Waals surface area contributed by atoms with Gasteiger partial charge in [-0.2, -0.15) is 0 Å². The Bertz CT molecular complexity index is 578. The third-order valence-corrected chi connectivity index (χ3v) is 3.83. The van der Waals surface area contributed by atoms with E-state index in [2.05, 4.69) is 4.98 Å². The lowest BCUT2D eigenvalue weighted by molar-refractivity contribution is 0.00627. The number of aromatic nitrogens is 2. The van der Waals surface area contributed by atoms with Crippen LogP contribution in [-0.2, 0) is 17.2 Å². The van der Waals surface area contributed by atoms with Gasteiger partial charge in [0.05, 0.1) is 24.0 Å². The zero-order valence-electron chi connectivity index (χ0n) is 10.6. The highest BCUT2D eigenvalue weighted by Crippen LogP contribution is 2.23. The first-order valence-electron chi connectivity index (χ1n) is 6.61. The van der Waals surface area contributed by atoms with Gasteiger partial charge in [0.1, 0.15) is 11.3 Å². The molecule has 1 aliphatic heterocycles. The number of fused-ring (bicyclic) bond motifs is 1. The largest absolute Gasteiger partial charge is 0.376 e. The topological polar surface area (TPSA) is 27.1 Å². The summed E-state index contributed by atoms with van der Waals surface area (Å²) < 4.78 is 21.5. The first-order valence-corrected chi connectivity index (χ1v) is 7.14. The number of nitrogens with zero attached hydrogens (tertiary/aromatic N) is 2. The highest BCUT2D eigenvalue weighted by molar-refractivity contribution is 6.16. The molecule has 0 radical (unpaired) electrons. The number of benzene rings is 1. The minimum absolute atomic E-state index is 0.177. The average Bonchev–Trinajstić information content (AvgIpc) is 2.80. The van der Waals surface area contributed by atoms with Crippen LogP contribution in [0, 0.1) is 5.82 Å². The van der Waals surface area contributed by atoms with Gasteiger partial charge < -0.3 is 9.30 Å². The fourth-order valence-electron chi connectivity index (χ4n) is 2.62. The van der Waals surface area contributed by atoms with Crippen molar-refractivity contribution in [3.8, 4) is 0 Å². The fraction of sp³-hybridized carbons (Fsp3) is 0.500. The maximum Gasteiger partial charge on any atom is 0.151 e. The number of para-hydroxylation sites is 1. The molecular formula is C14H16ClFN2O. The Morgan fingerprint density at radius 1 is 1.42 bits per heavy atom. The van der Waals surface area contributed by atoms with Gasteiger partial charge in [0.2, 0.25) is 0 Å². The van der Waals surface area contributed by atoms with E-state index in [1.165, 1.54) is 12.5 Å². The summed E-state index contributed by atoms with van der Waals surface area (Å²) in [5.74, 6) is 0.684. The summed E-state index contributed by atoms with van der Waals surface area (Å²) in [6.07, 6.45) is 3.52. The molecule has 19 heavy (non-hydrogen) atoms. The molecule has 2 aromatic rings. The predicted molar refractivity (Wildman–Crippen MR) is 72.8 cm³/mol. The third-order valence-electron chi connectivity index (χ3n) is 3.59. The van der Waals surface area contributed by atoms with Gasteiger partial charge in [0.15, 0.2) is 5.82 Å². The fourth-order valence-corrected chi connectivity index (χ4v) is 2.83. The molecule has 5 heteroatoms. The molecule has 0 saturated carbocycles. The van der Waals surface area contributed by atoms with Gasteiger partial charge in [-0.1, -0.05) is 6.07 Å². The minimum atomic E-state index is -0.299. The van der Waals surface area contributed by atoms with Crippen LogP contribution < -0.4 is 0 Å². The molecule has 0 spiro atoms. The van der Waals surface area contributed by atoms with E-state index in [1.54, 1.807) is 6.07 Å². The Labute approximate surface area is 116 Å². The second kappa shape index (κ2) is 5.47. The van der Waals surface area contributed by atoms with Crippen molar-refractivity contribution in [1.82, 2.24) is 9.55 Å². The number of hydrogen-bond acceptors (Lipinski definition) is 2.